The summed E-state index contributed by atoms with van der Waals surface area (Å²) in [5.74, 6) is -1.32. The van der Waals surface area contributed by atoms with E-state index in [1.807, 2.05) is 6.07 Å². The number of esters is 1. The highest BCUT2D eigenvalue weighted by Crippen LogP contribution is 2.23. The fraction of sp³-hybridized carbons (Fsp3) is 0.125. The van der Waals surface area contributed by atoms with Crippen molar-refractivity contribution >= 4 is 57.1 Å². The van der Waals surface area contributed by atoms with Crippen LogP contribution in [0.3, 0.4) is 0 Å². The number of carbonyl (C=O) groups is 2. The van der Waals surface area contributed by atoms with Gasteiger partial charge in [-0.05, 0) is 25.1 Å². The third-order valence-electron chi connectivity index (χ3n) is 3.42. The topological polar surface area (TPSA) is 96.5 Å². The Labute approximate surface area is 161 Å². The molecular formula is C16H10Cl2N4O3S. The number of benzene rings is 1. The van der Waals surface area contributed by atoms with E-state index >= 15 is 0 Å². The number of rotatable bonds is 4. The Kier molecular flexibility index (Phi) is 5.13. The van der Waals surface area contributed by atoms with Crippen molar-refractivity contribution in [2.75, 3.05) is 5.32 Å². The molecule has 132 valence electrons. The van der Waals surface area contributed by atoms with Crippen molar-refractivity contribution in [1.82, 2.24) is 9.38 Å². The second kappa shape index (κ2) is 7.33. The standard InChI is InChI=1S/C16H10Cl2N4O3S/c1-8(14(23)20-10-3-2-9(7-19)11(17)6-10)25-15(24)12-13(18)21-16-22(12)4-5-26-16/h2-6,8H,1H3,(H,20,23)/t8-/m1/s1. The van der Waals surface area contributed by atoms with E-state index in [-0.39, 0.29) is 15.9 Å². The summed E-state index contributed by atoms with van der Waals surface area (Å²) in [4.78, 5) is 29.2. The number of ether oxygens (including phenoxy) is 1. The van der Waals surface area contributed by atoms with Crippen molar-refractivity contribution in [3.63, 3.8) is 0 Å². The molecule has 0 saturated carbocycles. The number of fused-ring (bicyclic) bond motifs is 1. The van der Waals surface area contributed by atoms with Crippen LogP contribution in [0, 0.1) is 11.3 Å². The quantitative estimate of drug-likeness (QED) is 0.662. The highest BCUT2D eigenvalue weighted by atomic mass is 35.5. The minimum atomic E-state index is -1.09. The summed E-state index contributed by atoms with van der Waals surface area (Å²) in [6.07, 6.45) is 0.552. The molecule has 2 aromatic heterocycles. The van der Waals surface area contributed by atoms with Gasteiger partial charge in [-0.25, -0.2) is 9.78 Å². The molecule has 3 aromatic rings. The summed E-state index contributed by atoms with van der Waals surface area (Å²) >= 11 is 13.2. The van der Waals surface area contributed by atoms with Crippen LogP contribution in [0.2, 0.25) is 10.2 Å². The molecular weight excluding hydrogens is 399 g/mol. The van der Waals surface area contributed by atoms with Crippen LogP contribution < -0.4 is 5.32 Å². The van der Waals surface area contributed by atoms with Crippen LogP contribution in [-0.4, -0.2) is 27.4 Å². The van der Waals surface area contributed by atoms with Gasteiger partial charge in [0.25, 0.3) is 5.91 Å². The molecule has 1 N–H and O–H groups in total. The van der Waals surface area contributed by atoms with Gasteiger partial charge in [-0.15, -0.1) is 11.3 Å². The number of amides is 1. The molecule has 1 atom stereocenters. The number of carbonyl (C=O) groups excluding carboxylic acids is 2. The maximum atomic E-state index is 12.3. The van der Waals surface area contributed by atoms with Gasteiger partial charge in [0.15, 0.2) is 21.9 Å². The van der Waals surface area contributed by atoms with Crippen molar-refractivity contribution in [3.8, 4) is 6.07 Å². The number of nitrogens with zero attached hydrogens (tertiary/aromatic N) is 3. The Morgan fingerprint density at radius 2 is 2.19 bits per heavy atom. The van der Waals surface area contributed by atoms with Gasteiger partial charge in [-0.3, -0.25) is 9.20 Å². The molecule has 3 rings (SSSR count). The Balaban J connectivity index is 1.70. The maximum Gasteiger partial charge on any atom is 0.359 e. The predicted molar refractivity (Wildman–Crippen MR) is 97.8 cm³/mol. The van der Waals surface area contributed by atoms with E-state index in [0.29, 0.717) is 16.2 Å². The molecule has 0 aliphatic carbocycles. The van der Waals surface area contributed by atoms with E-state index in [1.165, 1.54) is 40.9 Å². The number of hydrogen-bond acceptors (Lipinski definition) is 6. The van der Waals surface area contributed by atoms with Crippen LogP contribution in [0.25, 0.3) is 4.96 Å². The van der Waals surface area contributed by atoms with Gasteiger partial charge in [0.1, 0.15) is 6.07 Å². The van der Waals surface area contributed by atoms with Gasteiger partial charge in [-0.2, -0.15) is 5.26 Å². The van der Waals surface area contributed by atoms with Crippen molar-refractivity contribution < 1.29 is 14.3 Å². The lowest BCUT2D eigenvalue weighted by molar-refractivity contribution is -0.123. The number of aromatic nitrogens is 2. The number of nitriles is 1. The Morgan fingerprint density at radius 3 is 2.88 bits per heavy atom. The number of nitrogens with one attached hydrogen (secondary N) is 1. The Bertz CT molecular complexity index is 1050. The third kappa shape index (κ3) is 3.51. The van der Waals surface area contributed by atoms with Crippen LogP contribution >= 0.6 is 34.5 Å². The second-order valence-electron chi connectivity index (χ2n) is 5.15. The van der Waals surface area contributed by atoms with Crippen molar-refractivity contribution in [2.45, 2.75) is 13.0 Å². The number of halogens is 2. The molecule has 0 fully saturated rings. The van der Waals surface area contributed by atoms with Gasteiger partial charge < -0.3 is 10.1 Å². The van der Waals surface area contributed by atoms with E-state index in [9.17, 15) is 9.59 Å². The predicted octanol–water partition coefficient (Wildman–Crippen LogP) is 3.76. The maximum absolute atomic E-state index is 12.3. The zero-order valence-corrected chi connectivity index (χ0v) is 15.5. The highest BCUT2D eigenvalue weighted by Gasteiger charge is 2.25. The molecule has 0 aliphatic rings. The first-order chi connectivity index (χ1) is 12.4. The molecule has 1 aromatic carbocycles. The van der Waals surface area contributed by atoms with Crippen molar-refractivity contribution in [2.24, 2.45) is 0 Å². The second-order valence-corrected chi connectivity index (χ2v) is 6.79. The summed E-state index contributed by atoms with van der Waals surface area (Å²) in [6, 6.07) is 6.37. The lowest BCUT2D eigenvalue weighted by atomic mass is 10.2. The van der Waals surface area contributed by atoms with Crippen LogP contribution in [0.5, 0.6) is 0 Å². The van der Waals surface area contributed by atoms with E-state index in [0.717, 1.165) is 0 Å². The van der Waals surface area contributed by atoms with E-state index in [4.69, 9.17) is 33.2 Å². The first kappa shape index (κ1) is 18.2. The smallest absolute Gasteiger partial charge is 0.359 e. The van der Waals surface area contributed by atoms with Crippen LogP contribution in [0.15, 0.2) is 29.8 Å². The van der Waals surface area contributed by atoms with E-state index in [1.54, 1.807) is 11.6 Å². The zero-order valence-electron chi connectivity index (χ0n) is 13.2. The fourth-order valence-electron chi connectivity index (χ4n) is 2.14. The molecule has 0 radical (unpaired) electrons. The van der Waals surface area contributed by atoms with Gasteiger partial charge in [0.05, 0.1) is 10.6 Å². The Morgan fingerprint density at radius 1 is 1.42 bits per heavy atom. The molecule has 1 amide bonds. The highest BCUT2D eigenvalue weighted by molar-refractivity contribution is 7.15. The number of imidazole rings is 1. The fourth-order valence-corrected chi connectivity index (χ4v) is 3.37. The molecule has 0 unspecified atom stereocenters. The lowest BCUT2D eigenvalue weighted by Crippen LogP contribution is -2.30. The monoisotopic (exact) mass is 408 g/mol. The third-order valence-corrected chi connectivity index (χ3v) is 4.76. The van der Waals surface area contributed by atoms with Crippen molar-refractivity contribution in [1.29, 1.82) is 5.26 Å². The average molecular weight is 409 g/mol. The number of hydrogen-bond donors (Lipinski definition) is 1. The first-order valence-electron chi connectivity index (χ1n) is 7.23. The molecule has 0 spiro atoms. The Hall–Kier alpha value is -2.60. The lowest BCUT2D eigenvalue weighted by Gasteiger charge is -2.13. The van der Waals surface area contributed by atoms with E-state index < -0.39 is 18.0 Å². The van der Waals surface area contributed by atoms with Gasteiger partial charge >= 0.3 is 5.97 Å². The molecule has 0 bridgehead atoms. The largest absolute Gasteiger partial charge is 0.448 e. The molecule has 7 nitrogen and oxygen atoms in total. The summed E-state index contributed by atoms with van der Waals surface area (Å²) in [7, 11) is 0. The van der Waals surface area contributed by atoms with Gasteiger partial charge in [0, 0.05) is 17.3 Å². The summed E-state index contributed by atoms with van der Waals surface area (Å²) in [6.45, 7) is 1.43. The molecule has 2 heterocycles. The van der Waals surface area contributed by atoms with Gasteiger partial charge in [-0.1, -0.05) is 23.2 Å². The van der Waals surface area contributed by atoms with E-state index in [2.05, 4.69) is 10.3 Å². The number of thiazole rings is 1. The molecule has 0 aliphatic heterocycles. The van der Waals surface area contributed by atoms with Gasteiger partial charge in [0.2, 0.25) is 0 Å². The molecule has 0 saturated heterocycles. The summed E-state index contributed by atoms with van der Waals surface area (Å²) < 4.78 is 6.69. The molecule has 10 heteroatoms. The van der Waals surface area contributed by atoms with Crippen LogP contribution in [0.1, 0.15) is 23.0 Å². The summed E-state index contributed by atoms with van der Waals surface area (Å²) in [5, 5.41) is 13.4. The SMILES string of the molecule is C[C@@H](OC(=O)c1c(Cl)nc2sccn12)C(=O)Nc1ccc(C#N)c(Cl)c1. The minimum absolute atomic E-state index is 0.00772. The number of anilines is 1. The average Bonchev–Trinajstić information content (AvgIpc) is 3.14. The molecule has 26 heavy (non-hydrogen) atoms. The first-order valence-corrected chi connectivity index (χ1v) is 8.87. The van der Waals surface area contributed by atoms with Crippen LogP contribution in [0.4, 0.5) is 5.69 Å². The summed E-state index contributed by atoms with van der Waals surface area (Å²) in [5.41, 5.74) is 0.729. The minimum Gasteiger partial charge on any atom is -0.448 e. The zero-order chi connectivity index (χ0) is 18.8. The van der Waals surface area contributed by atoms with Crippen LogP contribution in [-0.2, 0) is 9.53 Å². The normalized spacial score (nSPS) is 11.8. The van der Waals surface area contributed by atoms with Crippen molar-refractivity contribution in [3.05, 3.63) is 51.2 Å².